The molecule has 0 atom stereocenters. The molecule has 28 heavy (non-hydrogen) atoms. The fourth-order valence-corrected chi connectivity index (χ4v) is 3.52. The first-order valence-corrected chi connectivity index (χ1v) is 9.80. The van der Waals surface area contributed by atoms with Crippen molar-refractivity contribution in [3.63, 3.8) is 0 Å². The Kier molecular flexibility index (Phi) is 7.18. The zero-order chi connectivity index (χ0) is 19.9. The number of nitrogens with zero attached hydrogens (tertiary/aromatic N) is 3. The van der Waals surface area contributed by atoms with E-state index in [1.165, 1.54) is 7.11 Å². The number of rotatable bonds is 4. The van der Waals surface area contributed by atoms with Crippen molar-refractivity contribution in [3.05, 3.63) is 29.8 Å². The average Bonchev–Trinajstić information content (AvgIpc) is 2.74. The SMILES string of the molecule is COC(=O)c1ccc(NC(=S)N2CCN(CC(=O)N3CCOCC3)CC2)cc1. The number of anilines is 1. The maximum absolute atomic E-state index is 12.4. The molecule has 8 nitrogen and oxygen atoms in total. The standard InChI is InChI=1S/C19H26N4O4S/c1-26-18(25)15-2-4-16(5-3-15)20-19(28)23-8-6-21(7-9-23)14-17(24)22-10-12-27-13-11-22/h2-5H,6-14H2,1H3,(H,20,28). The number of esters is 1. The second kappa shape index (κ2) is 9.81. The van der Waals surface area contributed by atoms with Gasteiger partial charge < -0.3 is 24.6 Å². The van der Waals surface area contributed by atoms with Crippen LogP contribution < -0.4 is 5.32 Å². The van der Waals surface area contributed by atoms with Crippen molar-refractivity contribution in [2.45, 2.75) is 0 Å². The van der Waals surface area contributed by atoms with Crippen LogP contribution in [-0.4, -0.2) is 97.8 Å². The molecule has 3 rings (SSSR count). The normalized spacial score (nSPS) is 17.9. The summed E-state index contributed by atoms with van der Waals surface area (Å²) in [5.74, 6) is -0.194. The van der Waals surface area contributed by atoms with Crippen molar-refractivity contribution in [1.29, 1.82) is 0 Å². The van der Waals surface area contributed by atoms with Gasteiger partial charge in [0.1, 0.15) is 0 Å². The highest BCUT2D eigenvalue weighted by molar-refractivity contribution is 7.80. The van der Waals surface area contributed by atoms with Crippen LogP contribution in [0, 0.1) is 0 Å². The molecule has 2 aliphatic heterocycles. The van der Waals surface area contributed by atoms with Gasteiger partial charge in [0, 0.05) is 45.0 Å². The topological polar surface area (TPSA) is 74.4 Å². The van der Waals surface area contributed by atoms with E-state index in [2.05, 4.69) is 15.1 Å². The van der Waals surface area contributed by atoms with Crippen LogP contribution in [0.2, 0.25) is 0 Å². The second-order valence-electron chi connectivity index (χ2n) is 6.76. The van der Waals surface area contributed by atoms with Crippen LogP contribution in [0.3, 0.4) is 0 Å². The summed E-state index contributed by atoms with van der Waals surface area (Å²) in [4.78, 5) is 30.0. The molecule has 0 spiro atoms. The van der Waals surface area contributed by atoms with E-state index in [1.54, 1.807) is 24.3 Å². The minimum atomic E-state index is -0.364. The number of thiocarbonyl (C=S) groups is 1. The summed E-state index contributed by atoms with van der Waals surface area (Å²) in [5.41, 5.74) is 1.32. The van der Waals surface area contributed by atoms with Gasteiger partial charge in [0.15, 0.2) is 5.11 Å². The summed E-state index contributed by atoms with van der Waals surface area (Å²) in [6, 6.07) is 7.00. The molecule has 0 unspecified atom stereocenters. The smallest absolute Gasteiger partial charge is 0.337 e. The Morgan fingerprint density at radius 3 is 2.29 bits per heavy atom. The molecule has 9 heteroatoms. The van der Waals surface area contributed by atoms with Crippen molar-refractivity contribution in [3.8, 4) is 0 Å². The van der Waals surface area contributed by atoms with Gasteiger partial charge in [0.2, 0.25) is 5.91 Å². The van der Waals surface area contributed by atoms with E-state index >= 15 is 0 Å². The molecule has 0 aliphatic carbocycles. The van der Waals surface area contributed by atoms with Gasteiger partial charge in [-0.2, -0.15) is 0 Å². The fourth-order valence-electron chi connectivity index (χ4n) is 3.22. The zero-order valence-corrected chi connectivity index (χ0v) is 16.9. The first-order chi connectivity index (χ1) is 13.6. The largest absolute Gasteiger partial charge is 0.465 e. The lowest BCUT2D eigenvalue weighted by Crippen LogP contribution is -2.53. The molecule has 2 fully saturated rings. The molecule has 0 aromatic heterocycles. The van der Waals surface area contributed by atoms with Crippen LogP contribution in [-0.2, 0) is 14.3 Å². The summed E-state index contributed by atoms with van der Waals surface area (Å²) >= 11 is 5.51. The number of hydrogen-bond acceptors (Lipinski definition) is 6. The van der Waals surface area contributed by atoms with Crippen molar-refractivity contribution >= 4 is 34.9 Å². The van der Waals surface area contributed by atoms with Crippen LogP contribution >= 0.6 is 12.2 Å². The van der Waals surface area contributed by atoms with Crippen molar-refractivity contribution in [1.82, 2.24) is 14.7 Å². The molecule has 0 radical (unpaired) electrons. The van der Waals surface area contributed by atoms with E-state index in [-0.39, 0.29) is 11.9 Å². The highest BCUT2D eigenvalue weighted by Crippen LogP contribution is 2.12. The van der Waals surface area contributed by atoms with Crippen LogP contribution in [0.1, 0.15) is 10.4 Å². The third kappa shape index (κ3) is 5.40. The quantitative estimate of drug-likeness (QED) is 0.577. The van der Waals surface area contributed by atoms with Crippen molar-refractivity contribution in [2.75, 3.05) is 71.5 Å². The zero-order valence-electron chi connectivity index (χ0n) is 16.1. The van der Waals surface area contributed by atoms with Gasteiger partial charge in [-0.25, -0.2) is 4.79 Å². The first-order valence-electron chi connectivity index (χ1n) is 9.39. The lowest BCUT2D eigenvalue weighted by Gasteiger charge is -2.37. The van der Waals surface area contributed by atoms with E-state index < -0.39 is 0 Å². The van der Waals surface area contributed by atoms with Crippen LogP contribution in [0.25, 0.3) is 0 Å². The van der Waals surface area contributed by atoms with Gasteiger partial charge >= 0.3 is 5.97 Å². The third-order valence-corrected chi connectivity index (χ3v) is 5.30. The Labute approximate surface area is 170 Å². The van der Waals surface area contributed by atoms with E-state index in [9.17, 15) is 9.59 Å². The number of carbonyl (C=O) groups excluding carboxylic acids is 2. The number of nitrogens with one attached hydrogen (secondary N) is 1. The minimum absolute atomic E-state index is 0.170. The number of morpholine rings is 1. The number of hydrogen-bond donors (Lipinski definition) is 1. The maximum atomic E-state index is 12.4. The van der Waals surface area contributed by atoms with E-state index in [1.807, 2.05) is 4.90 Å². The lowest BCUT2D eigenvalue weighted by molar-refractivity contribution is -0.136. The van der Waals surface area contributed by atoms with Crippen LogP contribution in [0.15, 0.2) is 24.3 Å². The summed E-state index contributed by atoms with van der Waals surface area (Å²) < 4.78 is 9.99. The monoisotopic (exact) mass is 406 g/mol. The summed E-state index contributed by atoms with van der Waals surface area (Å²) in [5, 5.41) is 3.84. The molecule has 1 N–H and O–H groups in total. The van der Waals surface area contributed by atoms with Crippen LogP contribution in [0.4, 0.5) is 5.69 Å². The highest BCUT2D eigenvalue weighted by atomic mass is 32.1. The van der Waals surface area contributed by atoms with Gasteiger partial charge in [-0.15, -0.1) is 0 Å². The summed E-state index contributed by atoms with van der Waals surface area (Å²) in [6.45, 7) is 6.18. The fraction of sp³-hybridized carbons (Fsp3) is 0.526. The van der Waals surface area contributed by atoms with Crippen LogP contribution in [0.5, 0.6) is 0 Å². The molecule has 1 amide bonds. The number of benzene rings is 1. The molecule has 2 aliphatic rings. The highest BCUT2D eigenvalue weighted by Gasteiger charge is 2.23. The molecule has 0 bridgehead atoms. The van der Waals surface area contributed by atoms with Crippen molar-refractivity contribution in [2.24, 2.45) is 0 Å². The number of methoxy groups -OCH3 is 1. The Morgan fingerprint density at radius 1 is 1.04 bits per heavy atom. The Morgan fingerprint density at radius 2 is 1.68 bits per heavy atom. The Hall–Kier alpha value is -2.23. The molecule has 152 valence electrons. The molecule has 2 heterocycles. The number of piperazine rings is 1. The first kappa shape index (κ1) is 20.5. The summed E-state index contributed by atoms with van der Waals surface area (Å²) in [6.07, 6.45) is 0. The number of carbonyl (C=O) groups is 2. The third-order valence-electron chi connectivity index (χ3n) is 4.94. The predicted molar refractivity (Wildman–Crippen MR) is 109 cm³/mol. The van der Waals surface area contributed by atoms with E-state index in [4.69, 9.17) is 21.7 Å². The van der Waals surface area contributed by atoms with Gasteiger partial charge in [0.05, 0.1) is 32.4 Å². The van der Waals surface area contributed by atoms with Crippen molar-refractivity contribution < 1.29 is 19.1 Å². The van der Waals surface area contributed by atoms with Gasteiger partial charge in [0.25, 0.3) is 0 Å². The van der Waals surface area contributed by atoms with Gasteiger partial charge in [-0.1, -0.05) is 0 Å². The minimum Gasteiger partial charge on any atom is -0.465 e. The van der Waals surface area contributed by atoms with E-state index in [0.29, 0.717) is 43.5 Å². The molecule has 1 aromatic carbocycles. The van der Waals surface area contributed by atoms with E-state index in [0.717, 1.165) is 31.9 Å². The molecule has 2 saturated heterocycles. The average molecular weight is 407 g/mol. The van der Waals surface area contributed by atoms with Gasteiger partial charge in [-0.3, -0.25) is 9.69 Å². The Balaban J connectivity index is 1.43. The Bertz CT molecular complexity index is 698. The molecular formula is C19H26N4O4S. The number of amides is 1. The molecule has 1 aromatic rings. The summed E-state index contributed by atoms with van der Waals surface area (Å²) in [7, 11) is 1.36. The predicted octanol–water partition coefficient (Wildman–Crippen LogP) is 0.646. The second-order valence-corrected chi connectivity index (χ2v) is 7.14. The molecule has 0 saturated carbocycles. The lowest BCUT2D eigenvalue weighted by atomic mass is 10.2. The molecular weight excluding hydrogens is 380 g/mol. The maximum Gasteiger partial charge on any atom is 0.337 e. The van der Waals surface area contributed by atoms with Gasteiger partial charge in [-0.05, 0) is 36.5 Å². The number of ether oxygens (including phenoxy) is 2.